The maximum absolute atomic E-state index is 6.57. The number of hydrogen-bond donors (Lipinski definition) is 2. The van der Waals surface area contributed by atoms with Crippen LogP contribution in [0.4, 0.5) is 0 Å². The number of nitrogens with zero attached hydrogens (tertiary/aromatic N) is 1. The summed E-state index contributed by atoms with van der Waals surface area (Å²) >= 11 is 0. The van der Waals surface area contributed by atoms with Gasteiger partial charge in [0.25, 0.3) is 0 Å². The molecule has 0 bridgehead atoms. The minimum Gasteiger partial charge on any atom is -0.456 e. The molecule has 5 heteroatoms. The van der Waals surface area contributed by atoms with Crippen LogP contribution in [-0.2, 0) is 0 Å². The van der Waals surface area contributed by atoms with Crippen LogP contribution in [0, 0.1) is 0 Å². The largest absolute Gasteiger partial charge is 0.456 e. The van der Waals surface area contributed by atoms with E-state index in [0.29, 0.717) is 0 Å². The zero-order valence-corrected chi connectivity index (χ0v) is 29.2. The van der Waals surface area contributed by atoms with E-state index in [1.54, 1.807) is 0 Å². The summed E-state index contributed by atoms with van der Waals surface area (Å²) in [7, 11) is 0. The molecule has 0 spiro atoms. The highest BCUT2D eigenvalue weighted by atomic mass is 16.3. The molecule has 1 aliphatic rings. The molecule has 11 rings (SSSR count). The van der Waals surface area contributed by atoms with Gasteiger partial charge in [0.1, 0.15) is 40.5 Å². The molecular formula is C49H33N3O2. The van der Waals surface area contributed by atoms with Crippen LogP contribution >= 0.6 is 0 Å². The van der Waals surface area contributed by atoms with Gasteiger partial charge in [-0.05, 0) is 81.1 Å². The van der Waals surface area contributed by atoms with E-state index >= 15 is 0 Å². The molecule has 1 aliphatic heterocycles. The monoisotopic (exact) mass is 695 g/mol. The number of fused-ring (bicyclic) bond motifs is 7. The van der Waals surface area contributed by atoms with Gasteiger partial charge in [-0.1, -0.05) is 133 Å². The fourth-order valence-corrected chi connectivity index (χ4v) is 8.25. The van der Waals surface area contributed by atoms with E-state index in [0.717, 1.165) is 94.0 Å². The van der Waals surface area contributed by atoms with Gasteiger partial charge in [-0.15, -0.1) is 0 Å². The zero-order valence-electron chi connectivity index (χ0n) is 29.2. The van der Waals surface area contributed by atoms with Crippen LogP contribution in [0.25, 0.3) is 76.9 Å². The van der Waals surface area contributed by atoms with Gasteiger partial charge in [-0.3, -0.25) is 5.32 Å². The topological polar surface area (TPSA) is 62.7 Å². The molecule has 10 aromatic rings. The standard InChI is InChI=1S/C49H33N3O2/c1-3-14-30(15-4-1)33-27-40(46-37-21-10-12-24-42(37)54-44(46)29-33)39-28-34(26-32-18-7-8-19-35(32)39)48-50-47(31-16-5-2-6-17-31)51-49(52-48)38-22-13-25-43-45(38)36-20-9-11-23-41(36)53-43/h1-29,47,49,51H,(H,50,52). The third-order valence-corrected chi connectivity index (χ3v) is 10.7. The van der Waals surface area contributed by atoms with Crippen LogP contribution in [-0.4, -0.2) is 5.84 Å². The van der Waals surface area contributed by atoms with Gasteiger partial charge in [0, 0.05) is 32.7 Å². The highest BCUT2D eigenvalue weighted by Gasteiger charge is 2.28. The molecule has 54 heavy (non-hydrogen) atoms. The van der Waals surface area contributed by atoms with E-state index in [4.69, 9.17) is 13.8 Å². The van der Waals surface area contributed by atoms with Crippen molar-refractivity contribution in [2.75, 3.05) is 0 Å². The Morgan fingerprint density at radius 1 is 0.444 bits per heavy atom. The third-order valence-electron chi connectivity index (χ3n) is 10.7. The summed E-state index contributed by atoms with van der Waals surface area (Å²) in [5, 5.41) is 14.4. The van der Waals surface area contributed by atoms with Crippen molar-refractivity contribution in [3.8, 4) is 22.3 Å². The number of rotatable bonds is 5. The van der Waals surface area contributed by atoms with Gasteiger partial charge in [0.15, 0.2) is 0 Å². The number of nitrogens with one attached hydrogen (secondary N) is 2. The van der Waals surface area contributed by atoms with Crippen LogP contribution in [0.15, 0.2) is 190 Å². The van der Waals surface area contributed by atoms with Crippen LogP contribution in [0.2, 0.25) is 0 Å². The smallest absolute Gasteiger partial charge is 0.136 e. The van der Waals surface area contributed by atoms with E-state index in [1.165, 1.54) is 5.39 Å². The minimum absolute atomic E-state index is 0.256. The Balaban J connectivity index is 1.14. The lowest BCUT2D eigenvalue weighted by atomic mass is 9.90. The van der Waals surface area contributed by atoms with Crippen molar-refractivity contribution in [3.05, 3.63) is 193 Å². The van der Waals surface area contributed by atoms with Gasteiger partial charge in [0.2, 0.25) is 0 Å². The molecule has 0 amide bonds. The van der Waals surface area contributed by atoms with Gasteiger partial charge in [-0.25, -0.2) is 4.99 Å². The Morgan fingerprint density at radius 2 is 1.07 bits per heavy atom. The fourth-order valence-electron chi connectivity index (χ4n) is 8.25. The summed E-state index contributed by atoms with van der Waals surface area (Å²) in [6.07, 6.45) is -0.546. The van der Waals surface area contributed by atoms with Crippen molar-refractivity contribution in [1.29, 1.82) is 0 Å². The Morgan fingerprint density at radius 3 is 1.87 bits per heavy atom. The van der Waals surface area contributed by atoms with E-state index < -0.39 is 0 Å². The Kier molecular flexibility index (Phi) is 7.00. The molecule has 0 radical (unpaired) electrons. The Hall–Kier alpha value is -6.95. The number of benzene rings is 8. The Labute approximate surface area is 311 Å². The maximum atomic E-state index is 6.57. The van der Waals surface area contributed by atoms with Crippen LogP contribution in [0.5, 0.6) is 0 Å². The van der Waals surface area contributed by atoms with Crippen molar-refractivity contribution >= 4 is 60.5 Å². The summed E-state index contributed by atoms with van der Waals surface area (Å²) in [6, 6.07) is 61.6. The second kappa shape index (κ2) is 12.3. The van der Waals surface area contributed by atoms with E-state index in [2.05, 4.69) is 156 Å². The van der Waals surface area contributed by atoms with Gasteiger partial charge < -0.3 is 14.2 Å². The molecule has 3 heterocycles. The maximum Gasteiger partial charge on any atom is 0.136 e. The summed E-state index contributed by atoms with van der Waals surface area (Å²) in [6.45, 7) is 0. The lowest BCUT2D eigenvalue weighted by Gasteiger charge is -2.32. The summed E-state index contributed by atoms with van der Waals surface area (Å²) in [5.74, 6) is 0.817. The lowest BCUT2D eigenvalue weighted by molar-refractivity contribution is 0.411. The first-order valence-electron chi connectivity index (χ1n) is 18.3. The van der Waals surface area contributed by atoms with Gasteiger partial charge in [-0.2, -0.15) is 0 Å². The van der Waals surface area contributed by atoms with Crippen LogP contribution in [0.1, 0.15) is 29.0 Å². The van der Waals surface area contributed by atoms with Crippen molar-refractivity contribution in [2.45, 2.75) is 12.3 Å². The first-order chi connectivity index (χ1) is 26.7. The lowest BCUT2D eigenvalue weighted by Crippen LogP contribution is -2.45. The highest BCUT2D eigenvalue weighted by Crippen LogP contribution is 2.43. The van der Waals surface area contributed by atoms with Gasteiger partial charge >= 0.3 is 0 Å². The van der Waals surface area contributed by atoms with Crippen molar-refractivity contribution < 1.29 is 8.83 Å². The third kappa shape index (κ3) is 5.01. The molecule has 0 saturated carbocycles. The molecule has 0 saturated heterocycles. The summed E-state index contributed by atoms with van der Waals surface area (Å²) in [4.78, 5) is 5.39. The molecule has 2 N–H and O–H groups in total. The summed E-state index contributed by atoms with van der Waals surface area (Å²) in [5.41, 5.74) is 11.2. The highest BCUT2D eigenvalue weighted by molar-refractivity contribution is 6.18. The number of amidine groups is 1. The quantitative estimate of drug-likeness (QED) is 0.188. The molecule has 0 fully saturated rings. The molecular weight excluding hydrogens is 663 g/mol. The summed E-state index contributed by atoms with van der Waals surface area (Å²) < 4.78 is 12.9. The molecule has 5 nitrogen and oxygen atoms in total. The van der Waals surface area contributed by atoms with E-state index in [-0.39, 0.29) is 12.3 Å². The minimum atomic E-state index is -0.290. The molecule has 256 valence electrons. The Bertz CT molecular complexity index is 3070. The number of hydrogen-bond acceptors (Lipinski definition) is 5. The molecule has 2 aromatic heterocycles. The van der Waals surface area contributed by atoms with Crippen molar-refractivity contribution in [3.63, 3.8) is 0 Å². The second-order valence-electron chi connectivity index (χ2n) is 14.0. The van der Waals surface area contributed by atoms with Crippen LogP contribution < -0.4 is 10.6 Å². The van der Waals surface area contributed by atoms with E-state index in [9.17, 15) is 0 Å². The zero-order chi connectivity index (χ0) is 35.6. The predicted molar refractivity (Wildman–Crippen MR) is 221 cm³/mol. The average Bonchev–Trinajstić information content (AvgIpc) is 3.82. The first kappa shape index (κ1) is 30.7. The molecule has 2 atom stereocenters. The molecule has 8 aromatic carbocycles. The van der Waals surface area contributed by atoms with Crippen molar-refractivity contribution in [1.82, 2.24) is 10.6 Å². The number of aliphatic imine (C=N–C) groups is 1. The van der Waals surface area contributed by atoms with Crippen molar-refractivity contribution in [2.24, 2.45) is 4.99 Å². The second-order valence-corrected chi connectivity index (χ2v) is 14.0. The SMILES string of the molecule is c1ccc(-c2cc(-c3cc(C4=NC(c5ccccc5)NC(c5cccc6oc7ccccc7c56)N4)cc4ccccc34)c3c(c2)oc2ccccc23)cc1. The van der Waals surface area contributed by atoms with Gasteiger partial charge in [0.05, 0.1) is 0 Å². The predicted octanol–water partition coefficient (Wildman–Crippen LogP) is 12.3. The first-order valence-corrected chi connectivity index (χ1v) is 18.3. The normalized spacial score (nSPS) is 16.0. The average molecular weight is 696 g/mol. The number of furan rings is 2. The molecule has 0 aliphatic carbocycles. The molecule has 2 unspecified atom stereocenters. The number of para-hydroxylation sites is 2. The fraction of sp³-hybridized carbons (Fsp3) is 0.0408. The van der Waals surface area contributed by atoms with Crippen LogP contribution in [0.3, 0.4) is 0 Å². The van der Waals surface area contributed by atoms with E-state index in [1.807, 2.05) is 30.3 Å².